The predicted octanol–water partition coefficient (Wildman–Crippen LogP) is 0.789. The summed E-state index contributed by atoms with van der Waals surface area (Å²) in [5, 5.41) is 6.13. The van der Waals surface area contributed by atoms with E-state index in [4.69, 9.17) is 4.74 Å². The molecule has 1 N–H and O–H groups in total. The zero-order valence-electron chi connectivity index (χ0n) is 7.77. The highest BCUT2D eigenvalue weighted by molar-refractivity contribution is 5.69. The molecule has 1 aromatic heterocycles. The van der Waals surface area contributed by atoms with Crippen molar-refractivity contribution in [1.29, 1.82) is 0 Å². The Hall–Kier alpha value is -1.59. The van der Waals surface area contributed by atoms with E-state index in [1.54, 1.807) is 4.90 Å². The quantitative estimate of drug-likeness (QED) is 0.720. The smallest absolute Gasteiger partial charge is 0.373 e. The van der Waals surface area contributed by atoms with Gasteiger partial charge in [0.1, 0.15) is 6.33 Å². The lowest BCUT2D eigenvalue weighted by atomic mass is 10.1. The molecule has 14 heavy (non-hydrogen) atoms. The molecule has 0 atom stereocenters. The number of hydrogen-bond acceptors (Lipinski definition) is 4. The van der Waals surface area contributed by atoms with Gasteiger partial charge in [-0.1, -0.05) is 0 Å². The van der Waals surface area contributed by atoms with E-state index in [2.05, 4.69) is 15.2 Å². The van der Waals surface area contributed by atoms with Gasteiger partial charge in [0.05, 0.1) is 0 Å². The summed E-state index contributed by atoms with van der Waals surface area (Å²) in [7, 11) is 0. The Morgan fingerprint density at radius 1 is 1.43 bits per heavy atom. The van der Waals surface area contributed by atoms with E-state index in [1.165, 1.54) is 12.7 Å². The highest BCUT2D eigenvalue weighted by atomic mass is 16.6. The van der Waals surface area contributed by atoms with Crippen molar-refractivity contribution in [3.8, 4) is 6.01 Å². The fourth-order valence-electron chi connectivity index (χ4n) is 1.47. The molecule has 1 fully saturated rings. The number of carbonyl (C=O) groups excluding carboxylic acids is 1. The first-order valence-electron chi connectivity index (χ1n) is 4.69. The molecule has 0 aliphatic carbocycles. The zero-order chi connectivity index (χ0) is 9.80. The highest BCUT2D eigenvalue weighted by Gasteiger charge is 2.19. The number of piperidine rings is 1. The topological polar surface area (TPSA) is 71.1 Å². The molecular weight excluding hydrogens is 184 g/mol. The monoisotopic (exact) mass is 196 g/mol. The van der Waals surface area contributed by atoms with Gasteiger partial charge in [-0.25, -0.2) is 4.79 Å². The minimum Gasteiger partial charge on any atom is -0.373 e. The highest BCUT2D eigenvalue weighted by Crippen LogP contribution is 2.10. The van der Waals surface area contributed by atoms with Crippen molar-refractivity contribution in [2.45, 2.75) is 19.3 Å². The van der Waals surface area contributed by atoms with Crippen LogP contribution in [0.1, 0.15) is 19.3 Å². The van der Waals surface area contributed by atoms with Crippen LogP contribution >= 0.6 is 0 Å². The Kier molecular flexibility index (Phi) is 2.62. The van der Waals surface area contributed by atoms with E-state index in [-0.39, 0.29) is 12.1 Å². The van der Waals surface area contributed by atoms with Gasteiger partial charge < -0.3 is 9.64 Å². The van der Waals surface area contributed by atoms with Crippen LogP contribution in [-0.4, -0.2) is 39.3 Å². The number of carbonyl (C=O) groups is 1. The molecule has 0 saturated carbocycles. The summed E-state index contributed by atoms with van der Waals surface area (Å²) >= 11 is 0. The maximum atomic E-state index is 11.5. The van der Waals surface area contributed by atoms with Crippen LogP contribution < -0.4 is 4.74 Å². The third kappa shape index (κ3) is 2.01. The molecule has 6 heteroatoms. The molecule has 0 unspecified atom stereocenters. The maximum absolute atomic E-state index is 11.5. The molecule has 0 spiro atoms. The lowest BCUT2D eigenvalue weighted by Gasteiger charge is -2.24. The van der Waals surface area contributed by atoms with Gasteiger partial charge >= 0.3 is 12.1 Å². The second-order valence-electron chi connectivity index (χ2n) is 3.20. The summed E-state index contributed by atoms with van der Waals surface area (Å²) < 4.78 is 4.93. The predicted molar refractivity (Wildman–Crippen MR) is 47.8 cm³/mol. The third-order valence-electron chi connectivity index (χ3n) is 2.19. The number of nitrogens with zero attached hydrogens (tertiary/aromatic N) is 3. The van der Waals surface area contributed by atoms with Crippen LogP contribution in [0.2, 0.25) is 0 Å². The molecule has 2 heterocycles. The van der Waals surface area contributed by atoms with Crippen LogP contribution in [0, 0.1) is 0 Å². The van der Waals surface area contributed by atoms with Crippen LogP contribution in [-0.2, 0) is 0 Å². The number of nitrogens with one attached hydrogen (secondary N) is 1. The Morgan fingerprint density at radius 3 is 2.86 bits per heavy atom. The summed E-state index contributed by atoms with van der Waals surface area (Å²) in [6.07, 6.45) is 4.29. The fourth-order valence-corrected chi connectivity index (χ4v) is 1.47. The van der Waals surface area contributed by atoms with Crippen molar-refractivity contribution in [3.63, 3.8) is 0 Å². The third-order valence-corrected chi connectivity index (χ3v) is 2.19. The first-order valence-corrected chi connectivity index (χ1v) is 4.69. The van der Waals surface area contributed by atoms with Gasteiger partial charge in [-0.05, 0) is 19.3 Å². The number of H-pyrrole nitrogens is 1. The molecule has 1 aromatic rings. The SMILES string of the molecule is O=C(Oc1nc[nH]n1)N1CCCCC1. The van der Waals surface area contributed by atoms with Crippen LogP contribution in [0.25, 0.3) is 0 Å². The molecule has 0 bridgehead atoms. The van der Waals surface area contributed by atoms with Crippen LogP contribution in [0.15, 0.2) is 6.33 Å². The normalized spacial score (nSPS) is 16.7. The van der Waals surface area contributed by atoms with Crippen LogP contribution in [0.5, 0.6) is 6.01 Å². The van der Waals surface area contributed by atoms with Crippen molar-refractivity contribution in [2.24, 2.45) is 0 Å². The van der Waals surface area contributed by atoms with E-state index in [0.717, 1.165) is 25.9 Å². The lowest BCUT2D eigenvalue weighted by Crippen LogP contribution is -2.37. The molecule has 1 amide bonds. The van der Waals surface area contributed by atoms with E-state index < -0.39 is 0 Å². The van der Waals surface area contributed by atoms with E-state index in [0.29, 0.717) is 0 Å². The summed E-state index contributed by atoms with van der Waals surface area (Å²) in [5.74, 6) is 0. The summed E-state index contributed by atoms with van der Waals surface area (Å²) in [6, 6.07) is 0.0839. The second-order valence-corrected chi connectivity index (χ2v) is 3.20. The average molecular weight is 196 g/mol. The number of ether oxygens (including phenoxy) is 1. The van der Waals surface area contributed by atoms with Crippen LogP contribution in [0.4, 0.5) is 4.79 Å². The molecular formula is C8H12N4O2. The molecule has 0 aromatic carbocycles. The summed E-state index contributed by atoms with van der Waals surface area (Å²) in [5.41, 5.74) is 0. The van der Waals surface area contributed by atoms with Gasteiger partial charge in [0.15, 0.2) is 0 Å². The fraction of sp³-hybridized carbons (Fsp3) is 0.625. The summed E-state index contributed by atoms with van der Waals surface area (Å²) in [4.78, 5) is 16.9. The van der Waals surface area contributed by atoms with Crippen molar-refractivity contribution >= 4 is 6.09 Å². The molecule has 1 saturated heterocycles. The van der Waals surface area contributed by atoms with Crippen molar-refractivity contribution < 1.29 is 9.53 Å². The number of aromatic amines is 1. The molecule has 0 radical (unpaired) electrons. The first kappa shape index (κ1) is 8.98. The number of rotatable bonds is 1. The molecule has 6 nitrogen and oxygen atoms in total. The second kappa shape index (κ2) is 4.08. The molecule has 1 aliphatic heterocycles. The summed E-state index contributed by atoms with van der Waals surface area (Å²) in [6.45, 7) is 1.53. The number of hydrogen-bond donors (Lipinski definition) is 1. The largest absolute Gasteiger partial charge is 0.417 e. The molecule has 1 aliphatic rings. The maximum Gasteiger partial charge on any atom is 0.417 e. The number of likely N-dealkylation sites (tertiary alicyclic amines) is 1. The van der Waals surface area contributed by atoms with Gasteiger partial charge in [-0.3, -0.25) is 5.10 Å². The van der Waals surface area contributed by atoms with E-state index in [9.17, 15) is 4.79 Å². The lowest BCUT2D eigenvalue weighted by molar-refractivity contribution is 0.139. The molecule has 2 rings (SSSR count). The Morgan fingerprint density at radius 2 is 2.21 bits per heavy atom. The van der Waals surface area contributed by atoms with Gasteiger partial charge in [0.2, 0.25) is 0 Å². The Bertz CT molecular complexity index is 292. The standard InChI is InChI=1S/C8H12N4O2/c13-8(12-4-2-1-3-5-12)14-7-9-6-10-11-7/h6H,1-5H2,(H,9,10,11). The van der Waals surface area contributed by atoms with Crippen molar-refractivity contribution in [3.05, 3.63) is 6.33 Å². The Labute approximate surface area is 81.3 Å². The number of amides is 1. The van der Waals surface area contributed by atoms with Crippen molar-refractivity contribution in [1.82, 2.24) is 20.1 Å². The minimum atomic E-state index is -0.357. The number of aromatic nitrogens is 3. The first-order chi connectivity index (χ1) is 6.86. The van der Waals surface area contributed by atoms with Gasteiger partial charge in [0.25, 0.3) is 0 Å². The molecule has 76 valence electrons. The van der Waals surface area contributed by atoms with Gasteiger partial charge in [-0.15, -0.1) is 5.10 Å². The van der Waals surface area contributed by atoms with E-state index in [1.807, 2.05) is 0 Å². The Balaban J connectivity index is 1.88. The van der Waals surface area contributed by atoms with E-state index >= 15 is 0 Å². The zero-order valence-corrected chi connectivity index (χ0v) is 7.77. The van der Waals surface area contributed by atoms with Crippen molar-refractivity contribution in [2.75, 3.05) is 13.1 Å². The van der Waals surface area contributed by atoms with Crippen LogP contribution in [0.3, 0.4) is 0 Å². The van der Waals surface area contributed by atoms with Gasteiger partial charge in [0, 0.05) is 13.1 Å². The average Bonchev–Trinajstić information content (AvgIpc) is 2.72. The minimum absolute atomic E-state index is 0.0839. The van der Waals surface area contributed by atoms with Gasteiger partial charge in [-0.2, -0.15) is 4.98 Å².